The maximum atomic E-state index is 10.9. The Bertz CT molecular complexity index is 394. The third-order valence-corrected chi connectivity index (χ3v) is 2.34. The molecular formula is C14H19NO. The molecule has 0 atom stereocenters. The number of aryl methyl sites for hydroxylation is 1. The normalized spacial score (nSPS) is 12.2. The molecule has 1 aromatic carbocycles. The molecule has 0 saturated carbocycles. The summed E-state index contributed by atoms with van der Waals surface area (Å²) in [6.45, 7) is 5.53. The summed E-state index contributed by atoms with van der Waals surface area (Å²) in [7, 11) is 0. The first-order valence-electron chi connectivity index (χ1n) is 5.83. The Morgan fingerprint density at radius 1 is 1.31 bits per heavy atom. The smallest absolute Gasteiger partial charge is 0.221 e. The third-order valence-electron chi connectivity index (χ3n) is 2.34. The number of hydrogen-bond donors (Lipinski definition) is 1. The standard InChI is InChI=1S/C12H13NO.C2H6/c1-9(14)13-12-7-6-10-4-2-3-5-11(10)8-12;1-2/h2,4,6-8H,3,5H2,1H3,(H,13,14);1-2H3. The van der Waals surface area contributed by atoms with Crippen molar-refractivity contribution >= 4 is 17.7 Å². The first kappa shape index (κ1) is 12.5. The molecule has 1 aliphatic rings. The SMILES string of the molecule is CC.CC(=O)Nc1ccc2c(c1)CCC=C2. The van der Waals surface area contributed by atoms with Crippen LogP contribution in [0.1, 0.15) is 38.3 Å². The number of fused-ring (bicyclic) bond motifs is 1. The average molecular weight is 217 g/mol. The van der Waals surface area contributed by atoms with Crippen molar-refractivity contribution in [3.63, 3.8) is 0 Å². The van der Waals surface area contributed by atoms with Gasteiger partial charge in [-0.2, -0.15) is 0 Å². The van der Waals surface area contributed by atoms with Crippen molar-refractivity contribution in [2.45, 2.75) is 33.6 Å². The molecule has 86 valence electrons. The maximum Gasteiger partial charge on any atom is 0.221 e. The van der Waals surface area contributed by atoms with Gasteiger partial charge in [0.05, 0.1) is 0 Å². The summed E-state index contributed by atoms with van der Waals surface area (Å²) >= 11 is 0. The minimum absolute atomic E-state index is 0.0173. The topological polar surface area (TPSA) is 29.1 Å². The van der Waals surface area contributed by atoms with Crippen LogP contribution >= 0.6 is 0 Å². The van der Waals surface area contributed by atoms with Gasteiger partial charge in [-0.05, 0) is 36.1 Å². The number of anilines is 1. The van der Waals surface area contributed by atoms with Crippen LogP contribution in [0.25, 0.3) is 6.08 Å². The van der Waals surface area contributed by atoms with Crippen LogP contribution in [0.5, 0.6) is 0 Å². The van der Waals surface area contributed by atoms with Gasteiger partial charge in [-0.3, -0.25) is 4.79 Å². The lowest BCUT2D eigenvalue weighted by Gasteiger charge is -2.12. The summed E-state index contributed by atoms with van der Waals surface area (Å²) in [5.41, 5.74) is 3.48. The minimum Gasteiger partial charge on any atom is -0.326 e. The molecule has 2 rings (SSSR count). The lowest BCUT2D eigenvalue weighted by molar-refractivity contribution is -0.114. The molecular weight excluding hydrogens is 198 g/mol. The van der Waals surface area contributed by atoms with E-state index in [-0.39, 0.29) is 5.91 Å². The van der Waals surface area contributed by atoms with Crippen LogP contribution in [0.4, 0.5) is 5.69 Å². The molecule has 1 aliphatic carbocycles. The Morgan fingerprint density at radius 2 is 2.06 bits per heavy atom. The Morgan fingerprint density at radius 3 is 2.75 bits per heavy atom. The van der Waals surface area contributed by atoms with Crippen molar-refractivity contribution in [2.75, 3.05) is 5.32 Å². The number of allylic oxidation sites excluding steroid dienone is 1. The van der Waals surface area contributed by atoms with Crippen molar-refractivity contribution in [1.82, 2.24) is 0 Å². The molecule has 1 N–H and O–H groups in total. The minimum atomic E-state index is -0.0173. The fourth-order valence-corrected chi connectivity index (χ4v) is 1.71. The van der Waals surface area contributed by atoms with Crippen LogP contribution in [-0.4, -0.2) is 5.91 Å². The first-order valence-corrected chi connectivity index (χ1v) is 5.83. The van der Waals surface area contributed by atoms with Gasteiger partial charge in [0.15, 0.2) is 0 Å². The van der Waals surface area contributed by atoms with Gasteiger partial charge in [-0.15, -0.1) is 0 Å². The highest BCUT2D eigenvalue weighted by molar-refractivity contribution is 5.89. The molecule has 16 heavy (non-hydrogen) atoms. The Hall–Kier alpha value is -1.57. The van der Waals surface area contributed by atoms with Gasteiger partial charge >= 0.3 is 0 Å². The second-order valence-electron chi connectivity index (χ2n) is 3.54. The quantitative estimate of drug-likeness (QED) is 0.764. The van der Waals surface area contributed by atoms with Gasteiger partial charge < -0.3 is 5.32 Å². The van der Waals surface area contributed by atoms with E-state index < -0.39 is 0 Å². The van der Waals surface area contributed by atoms with E-state index in [0.717, 1.165) is 18.5 Å². The van der Waals surface area contributed by atoms with Gasteiger partial charge in [-0.1, -0.05) is 32.1 Å². The van der Waals surface area contributed by atoms with Crippen LogP contribution in [-0.2, 0) is 11.2 Å². The molecule has 1 aromatic rings. The molecule has 0 radical (unpaired) electrons. The van der Waals surface area contributed by atoms with Crippen molar-refractivity contribution in [3.8, 4) is 0 Å². The zero-order valence-electron chi connectivity index (χ0n) is 10.2. The molecule has 1 amide bonds. The fraction of sp³-hybridized carbons (Fsp3) is 0.357. The Labute approximate surface area is 97.4 Å². The number of benzene rings is 1. The van der Waals surface area contributed by atoms with Crippen LogP contribution in [0.2, 0.25) is 0 Å². The fourth-order valence-electron chi connectivity index (χ4n) is 1.71. The van der Waals surface area contributed by atoms with Gasteiger partial charge in [0.25, 0.3) is 0 Å². The van der Waals surface area contributed by atoms with Crippen molar-refractivity contribution < 1.29 is 4.79 Å². The van der Waals surface area contributed by atoms with Crippen LogP contribution < -0.4 is 5.32 Å². The van der Waals surface area contributed by atoms with Crippen molar-refractivity contribution in [1.29, 1.82) is 0 Å². The van der Waals surface area contributed by atoms with Gasteiger partial charge in [0, 0.05) is 12.6 Å². The van der Waals surface area contributed by atoms with E-state index in [1.807, 2.05) is 19.9 Å². The zero-order chi connectivity index (χ0) is 12.0. The molecule has 0 aliphatic heterocycles. The summed E-state index contributed by atoms with van der Waals surface area (Å²) < 4.78 is 0. The highest BCUT2D eigenvalue weighted by Crippen LogP contribution is 2.22. The van der Waals surface area contributed by atoms with Crippen LogP contribution in [0, 0.1) is 0 Å². The number of carbonyl (C=O) groups is 1. The highest BCUT2D eigenvalue weighted by atomic mass is 16.1. The summed E-state index contributed by atoms with van der Waals surface area (Å²) in [5, 5.41) is 2.79. The predicted octanol–water partition coefficient (Wildman–Crippen LogP) is 3.63. The molecule has 0 heterocycles. The van der Waals surface area contributed by atoms with Gasteiger partial charge in [0.2, 0.25) is 5.91 Å². The van der Waals surface area contributed by atoms with E-state index in [1.54, 1.807) is 0 Å². The lowest BCUT2D eigenvalue weighted by Crippen LogP contribution is -2.06. The number of rotatable bonds is 1. The lowest BCUT2D eigenvalue weighted by atomic mass is 9.97. The number of amides is 1. The van der Waals surface area contributed by atoms with Crippen LogP contribution in [0.15, 0.2) is 24.3 Å². The molecule has 0 aromatic heterocycles. The first-order chi connectivity index (χ1) is 7.75. The molecule has 2 heteroatoms. The van der Waals surface area contributed by atoms with E-state index in [4.69, 9.17) is 0 Å². The maximum absolute atomic E-state index is 10.9. The van der Waals surface area contributed by atoms with Gasteiger partial charge in [0.1, 0.15) is 0 Å². The van der Waals surface area contributed by atoms with Crippen molar-refractivity contribution in [3.05, 3.63) is 35.4 Å². The summed E-state index contributed by atoms with van der Waals surface area (Å²) in [6, 6.07) is 6.05. The Balaban J connectivity index is 0.000000606. The monoisotopic (exact) mass is 217 g/mol. The van der Waals surface area contributed by atoms with E-state index >= 15 is 0 Å². The number of carbonyl (C=O) groups excluding carboxylic acids is 1. The second kappa shape index (κ2) is 6.11. The molecule has 2 nitrogen and oxygen atoms in total. The summed E-state index contributed by atoms with van der Waals surface area (Å²) in [4.78, 5) is 10.9. The summed E-state index contributed by atoms with van der Waals surface area (Å²) in [6.07, 6.45) is 6.48. The summed E-state index contributed by atoms with van der Waals surface area (Å²) in [5.74, 6) is -0.0173. The van der Waals surface area contributed by atoms with E-state index in [2.05, 4.69) is 29.6 Å². The molecule has 0 unspecified atom stereocenters. The zero-order valence-corrected chi connectivity index (χ0v) is 10.2. The van der Waals surface area contributed by atoms with Gasteiger partial charge in [-0.25, -0.2) is 0 Å². The third kappa shape index (κ3) is 3.23. The molecule has 0 fully saturated rings. The van der Waals surface area contributed by atoms with E-state index in [9.17, 15) is 4.79 Å². The molecule has 0 saturated heterocycles. The Kier molecular flexibility index (Phi) is 4.77. The van der Waals surface area contributed by atoms with Crippen LogP contribution in [0.3, 0.4) is 0 Å². The van der Waals surface area contributed by atoms with Crippen molar-refractivity contribution in [2.24, 2.45) is 0 Å². The van der Waals surface area contributed by atoms with E-state index in [1.165, 1.54) is 18.1 Å². The van der Waals surface area contributed by atoms with E-state index in [0.29, 0.717) is 0 Å². The second-order valence-corrected chi connectivity index (χ2v) is 3.54. The average Bonchev–Trinajstić information content (AvgIpc) is 2.31. The molecule has 0 bridgehead atoms. The number of nitrogens with one attached hydrogen (secondary N) is 1. The molecule has 0 spiro atoms. The highest BCUT2D eigenvalue weighted by Gasteiger charge is 2.05. The largest absolute Gasteiger partial charge is 0.326 e. The predicted molar refractivity (Wildman–Crippen MR) is 69.4 cm³/mol. The number of hydrogen-bond acceptors (Lipinski definition) is 1.